The van der Waals surface area contributed by atoms with Crippen molar-refractivity contribution in [1.82, 2.24) is 30.3 Å². The lowest BCUT2D eigenvalue weighted by Crippen LogP contribution is -2.49. The van der Waals surface area contributed by atoms with E-state index >= 15 is 0 Å². The summed E-state index contributed by atoms with van der Waals surface area (Å²) in [6.45, 7) is 5.74. The summed E-state index contributed by atoms with van der Waals surface area (Å²) in [6, 6.07) is 9.36. The number of amides is 3. The Morgan fingerprint density at radius 1 is 1.28 bits per heavy atom. The van der Waals surface area contributed by atoms with Crippen LogP contribution in [0.4, 0.5) is 4.79 Å². The van der Waals surface area contributed by atoms with Crippen molar-refractivity contribution < 1.29 is 9.59 Å². The van der Waals surface area contributed by atoms with Gasteiger partial charge in [-0.2, -0.15) is 5.10 Å². The van der Waals surface area contributed by atoms with Gasteiger partial charge in [-0.05, 0) is 12.0 Å². The van der Waals surface area contributed by atoms with Crippen LogP contribution < -0.4 is 10.6 Å². The maximum absolute atomic E-state index is 13.2. The van der Waals surface area contributed by atoms with E-state index in [1.54, 1.807) is 4.90 Å². The predicted octanol–water partition coefficient (Wildman–Crippen LogP) is 1.99. The molecule has 2 N–H and O–H groups in total. The Hall–Kier alpha value is -2.90. The highest BCUT2D eigenvalue weighted by Gasteiger charge is 2.32. The lowest BCUT2D eigenvalue weighted by atomic mass is 10.0. The Morgan fingerprint density at radius 3 is 2.83 bits per heavy atom. The van der Waals surface area contributed by atoms with Crippen LogP contribution in [0.5, 0.6) is 0 Å². The minimum atomic E-state index is -0.267. The Morgan fingerprint density at radius 2 is 2.07 bits per heavy atom. The summed E-state index contributed by atoms with van der Waals surface area (Å²) in [4.78, 5) is 31.7. The van der Waals surface area contributed by atoms with E-state index in [0.717, 1.165) is 30.1 Å². The first-order valence-corrected chi connectivity index (χ1v) is 10.3. The number of aryl methyl sites for hydroxylation is 1. The van der Waals surface area contributed by atoms with E-state index < -0.39 is 0 Å². The van der Waals surface area contributed by atoms with E-state index in [-0.39, 0.29) is 36.4 Å². The van der Waals surface area contributed by atoms with Gasteiger partial charge < -0.3 is 15.5 Å². The van der Waals surface area contributed by atoms with Crippen molar-refractivity contribution in [2.75, 3.05) is 13.1 Å². The summed E-state index contributed by atoms with van der Waals surface area (Å²) < 4.78 is 1.92. The molecular formula is C21H28N6O2. The highest BCUT2D eigenvalue weighted by molar-refractivity contribution is 5.80. The van der Waals surface area contributed by atoms with Crippen LogP contribution in [0.1, 0.15) is 55.9 Å². The number of carbonyl (C=O) groups is 2. The van der Waals surface area contributed by atoms with Crippen molar-refractivity contribution in [2.24, 2.45) is 0 Å². The molecule has 2 aromatic rings. The van der Waals surface area contributed by atoms with Gasteiger partial charge in [0, 0.05) is 25.4 Å². The average molecular weight is 396 g/mol. The number of rotatable bonds is 3. The molecule has 1 aromatic heterocycles. The number of fused-ring (bicyclic) bond motifs is 1. The van der Waals surface area contributed by atoms with Crippen LogP contribution in [0.15, 0.2) is 30.3 Å². The summed E-state index contributed by atoms with van der Waals surface area (Å²) >= 11 is 0. The number of aromatic nitrogens is 3. The van der Waals surface area contributed by atoms with Gasteiger partial charge in [0.15, 0.2) is 5.82 Å². The zero-order valence-corrected chi connectivity index (χ0v) is 17.0. The quantitative estimate of drug-likeness (QED) is 0.830. The smallest absolute Gasteiger partial charge is 0.318 e. The van der Waals surface area contributed by atoms with E-state index in [2.05, 4.69) is 34.6 Å². The highest BCUT2D eigenvalue weighted by Crippen LogP contribution is 2.26. The maximum atomic E-state index is 13.2. The second-order valence-corrected chi connectivity index (χ2v) is 8.08. The van der Waals surface area contributed by atoms with Gasteiger partial charge in [-0.25, -0.2) is 14.5 Å². The van der Waals surface area contributed by atoms with E-state index in [1.807, 2.05) is 35.0 Å². The molecule has 0 aliphatic carbocycles. The molecule has 1 saturated heterocycles. The first-order chi connectivity index (χ1) is 14.0. The molecular weight excluding hydrogens is 368 g/mol. The minimum Gasteiger partial charge on any atom is -0.354 e. The molecule has 1 fully saturated rings. The van der Waals surface area contributed by atoms with Crippen LogP contribution in [0.25, 0.3) is 0 Å². The third-order valence-electron chi connectivity index (χ3n) is 5.59. The fraction of sp³-hybridized carbons (Fsp3) is 0.524. The van der Waals surface area contributed by atoms with Gasteiger partial charge in [0.2, 0.25) is 5.91 Å². The number of carbonyl (C=O) groups excluding carboxylic acids is 2. The Bertz CT molecular complexity index is 879. The van der Waals surface area contributed by atoms with Crippen molar-refractivity contribution >= 4 is 11.9 Å². The molecule has 3 amide bonds. The second kappa shape index (κ2) is 8.23. The van der Waals surface area contributed by atoms with Crippen molar-refractivity contribution in [3.63, 3.8) is 0 Å². The molecule has 1 aromatic carbocycles. The van der Waals surface area contributed by atoms with E-state index in [0.29, 0.717) is 19.6 Å². The van der Waals surface area contributed by atoms with Crippen molar-refractivity contribution in [3.8, 4) is 0 Å². The zero-order chi connectivity index (χ0) is 20.4. The Labute approximate surface area is 170 Å². The molecule has 3 heterocycles. The molecule has 0 saturated carbocycles. The summed E-state index contributed by atoms with van der Waals surface area (Å²) in [5.74, 6) is 2.11. The van der Waals surface area contributed by atoms with Crippen LogP contribution in [0.2, 0.25) is 0 Å². The highest BCUT2D eigenvalue weighted by atomic mass is 16.2. The van der Waals surface area contributed by atoms with Crippen LogP contribution in [-0.2, 0) is 17.8 Å². The largest absolute Gasteiger partial charge is 0.354 e. The summed E-state index contributed by atoms with van der Waals surface area (Å²) in [5.41, 5.74) is 0.975. The first kappa shape index (κ1) is 19.4. The lowest BCUT2D eigenvalue weighted by molar-refractivity contribution is -0.121. The van der Waals surface area contributed by atoms with Gasteiger partial charge in [-0.1, -0.05) is 44.2 Å². The standard InChI is InChI=1S/C21H28N6O2/c1-14(2)20-24-18-9-8-16(13-27(18)25-20)23-21(29)26-11-10-22-19(28)12-17(26)15-6-4-3-5-7-15/h3-7,14,16-17H,8-13H2,1-2H3,(H,22,28)(H,23,29)/t16-,17-/m1/s1. The van der Waals surface area contributed by atoms with Crippen LogP contribution in [0.3, 0.4) is 0 Å². The number of nitrogens with zero attached hydrogens (tertiary/aromatic N) is 4. The third kappa shape index (κ3) is 4.26. The minimum absolute atomic E-state index is 0.0000457. The van der Waals surface area contributed by atoms with Gasteiger partial charge in [0.25, 0.3) is 0 Å². The SMILES string of the molecule is CC(C)c1nc2n(n1)C[C@H](NC(=O)N1CCNC(=O)C[C@@H]1c1ccccc1)CC2. The number of nitrogens with one attached hydrogen (secondary N) is 2. The van der Waals surface area contributed by atoms with Crippen molar-refractivity contribution in [1.29, 1.82) is 0 Å². The topological polar surface area (TPSA) is 92.2 Å². The molecule has 4 rings (SSSR count). The van der Waals surface area contributed by atoms with Crippen molar-refractivity contribution in [3.05, 3.63) is 47.5 Å². The molecule has 0 spiro atoms. The van der Waals surface area contributed by atoms with Gasteiger partial charge in [0.1, 0.15) is 5.82 Å². The molecule has 0 bridgehead atoms. The summed E-state index contributed by atoms with van der Waals surface area (Å²) in [6.07, 6.45) is 1.91. The molecule has 2 atom stereocenters. The third-order valence-corrected chi connectivity index (χ3v) is 5.59. The van der Waals surface area contributed by atoms with Gasteiger partial charge in [-0.3, -0.25) is 4.79 Å². The van der Waals surface area contributed by atoms with Gasteiger partial charge in [-0.15, -0.1) is 0 Å². The molecule has 8 heteroatoms. The van der Waals surface area contributed by atoms with E-state index in [1.165, 1.54) is 0 Å². The van der Waals surface area contributed by atoms with E-state index in [4.69, 9.17) is 0 Å². The number of urea groups is 1. The number of hydrogen-bond acceptors (Lipinski definition) is 4. The maximum Gasteiger partial charge on any atom is 0.318 e. The molecule has 154 valence electrons. The molecule has 29 heavy (non-hydrogen) atoms. The molecule has 0 unspecified atom stereocenters. The predicted molar refractivity (Wildman–Crippen MR) is 108 cm³/mol. The fourth-order valence-electron chi connectivity index (χ4n) is 3.99. The van der Waals surface area contributed by atoms with Crippen LogP contribution >= 0.6 is 0 Å². The second-order valence-electron chi connectivity index (χ2n) is 8.08. The fourth-order valence-corrected chi connectivity index (χ4v) is 3.99. The molecule has 0 radical (unpaired) electrons. The van der Waals surface area contributed by atoms with Gasteiger partial charge in [0.05, 0.1) is 25.0 Å². The average Bonchev–Trinajstić information content (AvgIpc) is 3.04. The lowest BCUT2D eigenvalue weighted by Gasteiger charge is -2.32. The van der Waals surface area contributed by atoms with Crippen LogP contribution in [0, 0.1) is 0 Å². The number of hydrogen-bond donors (Lipinski definition) is 2. The summed E-state index contributed by atoms with van der Waals surface area (Å²) in [7, 11) is 0. The molecule has 2 aliphatic heterocycles. The van der Waals surface area contributed by atoms with E-state index in [9.17, 15) is 9.59 Å². The normalized spacial score (nSPS) is 22.0. The molecule has 2 aliphatic rings. The zero-order valence-electron chi connectivity index (χ0n) is 17.0. The van der Waals surface area contributed by atoms with Crippen LogP contribution in [-0.4, -0.2) is 50.7 Å². The van der Waals surface area contributed by atoms with Gasteiger partial charge >= 0.3 is 6.03 Å². The summed E-state index contributed by atoms with van der Waals surface area (Å²) in [5, 5.41) is 10.6. The Kier molecular flexibility index (Phi) is 5.51. The van der Waals surface area contributed by atoms with Crippen molar-refractivity contribution in [2.45, 2.75) is 57.7 Å². The monoisotopic (exact) mass is 396 g/mol. The first-order valence-electron chi connectivity index (χ1n) is 10.3. The number of benzene rings is 1. The Balaban J connectivity index is 1.48. The molecule has 8 nitrogen and oxygen atoms in total.